The molecule has 2 atom stereocenters. The second-order valence-electron chi connectivity index (χ2n) is 3.62. The highest BCUT2D eigenvalue weighted by Gasteiger charge is 2.30. The molecule has 0 aromatic carbocycles. The van der Waals surface area contributed by atoms with E-state index in [2.05, 4.69) is 5.32 Å². The zero-order chi connectivity index (χ0) is 8.39. The van der Waals surface area contributed by atoms with E-state index in [-0.39, 0.29) is 5.91 Å². The molecule has 0 bridgehead atoms. The molecule has 0 aliphatic carbocycles. The Kier molecular flexibility index (Phi) is 2.30. The van der Waals surface area contributed by atoms with E-state index in [4.69, 9.17) is 4.74 Å². The van der Waals surface area contributed by atoms with Crippen molar-refractivity contribution in [1.82, 2.24) is 5.32 Å². The van der Waals surface area contributed by atoms with Crippen LogP contribution in [-0.4, -0.2) is 24.7 Å². The summed E-state index contributed by atoms with van der Waals surface area (Å²) in [5, 5.41) is 2.96. The summed E-state index contributed by atoms with van der Waals surface area (Å²) in [5.74, 6) is 0.189. The third-order valence-electron chi connectivity index (χ3n) is 2.69. The summed E-state index contributed by atoms with van der Waals surface area (Å²) in [6.07, 6.45) is 5.48. The molecule has 0 aromatic rings. The molecule has 2 heterocycles. The number of ether oxygens (including phenoxy) is 1. The van der Waals surface area contributed by atoms with Crippen LogP contribution in [0.25, 0.3) is 0 Å². The van der Waals surface area contributed by atoms with Crippen molar-refractivity contribution in [2.75, 3.05) is 6.61 Å². The van der Waals surface area contributed by atoms with E-state index >= 15 is 0 Å². The summed E-state index contributed by atoms with van der Waals surface area (Å²) in [6, 6.07) is 0.304. The monoisotopic (exact) mass is 169 g/mol. The second-order valence-corrected chi connectivity index (χ2v) is 3.62. The maximum atomic E-state index is 10.9. The van der Waals surface area contributed by atoms with Crippen LogP contribution in [0.3, 0.4) is 0 Å². The van der Waals surface area contributed by atoms with Gasteiger partial charge in [-0.3, -0.25) is 4.79 Å². The lowest BCUT2D eigenvalue weighted by molar-refractivity contribution is -0.120. The molecular weight excluding hydrogens is 154 g/mol. The highest BCUT2D eigenvalue weighted by Crippen LogP contribution is 2.21. The summed E-state index contributed by atoms with van der Waals surface area (Å²) in [5.41, 5.74) is 0. The van der Waals surface area contributed by atoms with Crippen LogP contribution in [0.4, 0.5) is 0 Å². The average Bonchev–Trinajstić information content (AvgIpc) is 2.54. The van der Waals surface area contributed by atoms with Gasteiger partial charge >= 0.3 is 0 Å². The van der Waals surface area contributed by atoms with E-state index in [0.29, 0.717) is 18.6 Å². The number of amides is 1. The highest BCUT2D eigenvalue weighted by molar-refractivity contribution is 5.78. The second kappa shape index (κ2) is 3.44. The molecule has 3 nitrogen and oxygen atoms in total. The lowest BCUT2D eigenvalue weighted by atomic mass is 10.0. The van der Waals surface area contributed by atoms with Crippen molar-refractivity contribution in [3.8, 4) is 0 Å². The van der Waals surface area contributed by atoms with Crippen LogP contribution in [-0.2, 0) is 9.53 Å². The SMILES string of the molecule is O=C1CCC(C2CCCCO2)N1. The first kappa shape index (κ1) is 8.05. The van der Waals surface area contributed by atoms with Crippen LogP contribution in [0.2, 0.25) is 0 Å². The van der Waals surface area contributed by atoms with E-state index in [1.807, 2.05) is 0 Å². The fraction of sp³-hybridized carbons (Fsp3) is 0.889. The van der Waals surface area contributed by atoms with Gasteiger partial charge in [0.05, 0.1) is 12.1 Å². The van der Waals surface area contributed by atoms with Crippen molar-refractivity contribution < 1.29 is 9.53 Å². The Morgan fingerprint density at radius 1 is 1.33 bits per heavy atom. The van der Waals surface area contributed by atoms with Crippen LogP contribution in [0.5, 0.6) is 0 Å². The minimum Gasteiger partial charge on any atom is -0.376 e. The number of carbonyl (C=O) groups excluding carboxylic acids is 1. The molecule has 1 N–H and O–H groups in total. The molecule has 0 spiro atoms. The molecule has 2 rings (SSSR count). The molecule has 2 saturated heterocycles. The molecule has 3 heteroatoms. The Morgan fingerprint density at radius 2 is 2.25 bits per heavy atom. The maximum Gasteiger partial charge on any atom is 0.220 e. The fourth-order valence-electron chi connectivity index (χ4n) is 2.00. The lowest BCUT2D eigenvalue weighted by Crippen LogP contribution is -2.40. The van der Waals surface area contributed by atoms with E-state index in [9.17, 15) is 4.79 Å². The number of nitrogens with one attached hydrogen (secondary N) is 1. The quantitative estimate of drug-likeness (QED) is 0.631. The molecule has 2 fully saturated rings. The third kappa shape index (κ3) is 1.61. The predicted molar refractivity (Wildman–Crippen MR) is 44.8 cm³/mol. The molecule has 0 aromatic heterocycles. The van der Waals surface area contributed by atoms with Crippen LogP contribution in [0.15, 0.2) is 0 Å². The van der Waals surface area contributed by atoms with Crippen molar-refractivity contribution >= 4 is 5.91 Å². The molecule has 0 radical (unpaired) electrons. The number of hydrogen-bond donors (Lipinski definition) is 1. The number of hydrogen-bond acceptors (Lipinski definition) is 2. The smallest absolute Gasteiger partial charge is 0.220 e. The lowest BCUT2D eigenvalue weighted by Gasteiger charge is -2.27. The summed E-state index contributed by atoms with van der Waals surface area (Å²) in [6.45, 7) is 0.872. The largest absolute Gasteiger partial charge is 0.376 e. The van der Waals surface area contributed by atoms with Gasteiger partial charge in [-0.25, -0.2) is 0 Å². The van der Waals surface area contributed by atoms with Gasteiger partial charge in [0.15, 0.2) is 0 Å². The molecule has 2 aliphatic heterocycles. The molecule has 1 amide bonds. The molecule has 0 saturated carbocycles. The topological polar surface area (TPSA) is 38.3 Å². The minimum absolute atomic E-state index is 0.189. The van der Waals surface area contributed by atoms with E-state index in [1.54, 1.807) is 0 Å². The van der Waals surface area contributed by atoms with Crippen LogP contribution in [0.1, 0.15) is 32.1 Å². The molecule has 2 unspecified atom stereocenters. The minimum atomic E-state index is 0.189. The summed E-state index contributed by atoms with van der Waals surface area (Å²) in [7, 11) is 0. The number of carbonyl (C=O) groups is 1. The van der Waals surface area contributed by atoms with Gasteiger partial charge in [0.25, 0.3) is 0 Å². The van der Waals surface area contributed by atoms with Gasteiger partial charge in [-0.1, -0.05) is 0 Å². The van der Waals surface area contributed by atoms with Crippen molar-refractivity contribution in [1.29, 1.82) is 0 Å². The normalized spacial score (nSPS) is 36.5. The Hall–Kier alpha value is -0.570. The first-order chi connectivity index (χ1) is 5.86. The van der Waals surface area contributed by atoms with Gasteiger partial charge in [0, 0.05) is 13.0 Å². The van der Waals surface area contributed by atoms with Crippen molar-refractivity contribution in [3.05, 3.63) is 0 Å². The first-order valence-corrected chi connectivity index (χ1v) is 4.77. The summed E-state index contributed by atoms with van der Waals surface area (Å²) >= 11 is 0. The van der Waals surface area contributed by atoms with Gasteiger partial charge in [0.2, 0.25) is 5.91 Å². The van der Waals surface area contributed by atoms with Crippen molar-refractivity contribution in [2.45, 2.75) is 44.2 Å². The Bertz CT molecular complexity index is 175. The van der Waals surface area contributed by atoms with Gasteiger partial charge in [-0.2, -0.15) is 0 Å². The number of rotatable bonds is 1. The van der Waals surface area contributed by atoms with Gasteiger partial charge in [0.1, 0.15) is 0 Å². The Balaban J connectivity index is 1.86. The molecule has 2 aliphatic rings. The van der Waals surface area contributed by atoms with E-state index < -0.39 is 0 Å². The standard InChI is InChI=1S/C9H15NO2/c11-9-5-4-7(10-9)8-3-1-2-6-12-8/h7-8H,1-6H2,(H,10,11). The zero-order valence-corrected chi connectivity index (χ0v) is 7.21. The highest BCUT2D eigenvalue weighted by atomic mass is 16.5. The zero-order valence-electron chi connectivity index (χ0n) is 7.21. The Morgan fingerprint density at radius 3 is 2.83 bits per heavy atom. The molecule has 68 valence electrons. The van der Waals surface area contributed by atoms with Crippen LogP contribution >= 0.6 is 0 Å². The van der Waals surface area contributed by atoms with Gasteiger partial charge in [-0.05, 0) is 25.7 Å². The average molecular weight is 169 g/mol. The first-order valence-electron chi connectivity index (χ1n) is 4.77. The third-order valence-corrected chi connectivity index (χ3v) is 2.69. The van der Waals surface area contributed by atoms with Gasteiger partial charge in [-0.15, -0.1) is 0 Å². The summed E-state index contributed by atoms with van der Waals surface area (Å²) < 4.78 is 5.60. The maximum absolute atomic E-state index is 10.9. The van der Waals surface area contributed by atoms with Crippen molar-refractivity contribution in [3.63, 3.8) is 0 Å². The van der Waals surface area contributed by atoms with Crippen LogP contribution in [0, 0.1) is 0 Å². The Labute approximate surface area is 72.5 Å². The van der Waals surface area contributed by atoms with Crippen molar-refractivity contribution in [2.24, 2.45) is 0 Å². The van der Waals surface area contributed by atoms with Crippen LogP contribution < -0.4 is 5.32 Å². The molecule has 12 heavy (non-hydrogen) atoms. The van der Waals surface area contributed by atoms with E-state index in [0.717, 1.165) is 19.4 Å². The van der Waals surface area contributed by atoms with E-state index in [1.165, 1.54) is 12.8 Å². The van der Waals surface area contributed by atoms with Gasteiger partial charge < -0.3 is 10.1 Å². The molecular formula is C9H15NO2. The summed E-state index contributed by atoms with van der Waals surface area (Å²) in [4.78, 5) is 10.9. The fourth-order valence-corrected chi connectivity index (χ4v) is 2.00. The predicted octanol–water partition coefficient (Wildman–Crippen LogP) is 0.834.